The van der Waals surface area contributed by atoms with E-state index in [9.17, 15) is 0 Å². The highest BCUT2D eigenvalue weighted by atomic mass is 35.5. The Morgan fingerprint density at radius 3 is 2.90 bits per heavy atom. The summed E-state index contributed by atoms with van der Waals surface area (Å²) in [4.78, 5) is 2.40. The second-order valence-corrected chi connectivity index (χ2v) is 6.16. The number of ether oxygens (including phenoxy) is 1. The largest absolute Gasteiger partial charge is 0.375 e. The van der Waals surface area contributed by atoms with Gasteiger partial charge in [0.25, 0.3) is 0 Å². The summed E-state index contributed by atoms with van der Waals surface area (Å²) in [6.45, 7) is 8.07. The van der Waals surface area contributed by atoms with E-state index >= 15 is 0 Å². The fourth-order valence-corrected chi connectivity index (χ4v) is 2.91. The molecule has 0 aromatic heterocycles. The minimum absolute atomic E-state index is 0.155. The smallest absolute Gasteiger partial charge is 0.0723 e. The monoisotopic (exact) mass is 296 g/mol. The van der Waals surface area contributed by atoms with Crippen LogP contribution in [-0.4, -0.2) is 31.3 Å². The average Bonchev–Trinajstić information content (AvgIpc) is 2.43. The van der Waals surface area contributed by atoms with Crippen molar-refractivity contribution in [3.8, 4) is 0 Å². The van der Waals surface area contributed by atoms with Crippen LogP contribution in [0.4, 0.5) is 5.69 Å². The minimum Gasteiger partial charge on any atom is -0.375 e. The normalized spacial score (nSPS) is 24.8. The molecule has 1 aliphatic heterocycles. The number of hydrogen-bond donors (Lipinski definition) is 1. The van der Waals surface area contributed by atoms with Gasteiger partial charge in [-0.1, -0.05) is 24.6 Å². The molecule has 2 N–H and O–H groups in total. The van der Waals surface area contributed by atoms with E-state index in [-0.39, 0.29) is 12.1 Å². The zero-order valence-electron chi connectivity index (χ0n) is 12.6. The Morgan fingerprint density at radius 2 is 2.20 bits per heavy atom. The molecule has 3 nitrogen and oxygen atoms in total. The molecule has 3 unspecified atom stereocenters. The Bertz CT molecular complexity index is 452. The molecule has 0 aliphatic carbocycles. The van der Waals surface area contributed by atoms with Gasteiger partial charge in [-0.05, 0) is 44.4 Å². The number of anilines is 1. The number of nitrogens with zero attached hydrogens (tertiary/aromatic N) is 1. The maximum atomic E-state index is 6.42. The lowest BCUT2D eigenvalue weighted by Crippen LogP contribution is -2.48. The maximum Gasteiger partial charge on any atom is 0.0723 e. The minimum atomic E-state index is 0.155. The zero-order chi connectivity index (χ0) is 14.7. The third-order valence-corrected chi connectivity index (χ3v) is 4.36. The van der Waals surface area contributed by atoms with Crippen molar-refractivity contribution in [2.45, 2.75) is 51.8 Å². The Balaban J connectivity index is 2.32. The van der Waals surface area contributed by atoms with Crippen LogP contribution in [0.3, 0.4) is 0 Å². The van der Waals surface area contributed by atoms with Gasteiger partial charge in [-0.15, -0.1) is 0 Å². The van der Waals surface area contributed by atoms with E-state index in [2.05, 4.69) is 31.7 Å². The fourth-order valence-electron chi connectivity index (χ4n) is 2.66. The first kappa shape index (κ1) is 15.6. The first-order valence-corrected chi connectivity index (χ1v) is 7.82. The molecule has 1 aromatic rings. The number of morpholine rings is 1. The standard InChI is InChI=1S/C16H25ClN2O/c1-4-13(18)8-14-15(17)6-5-7-16(14)19-9-12(3)20-10-11(19)2/h5-7,11-13H,4,8-10,18H2,1-3H3. The molecule has 2 rings (SSSR count). The van der Waals surface area contributed by atoms with E-state index in [1.54, 1.807) is 0 Å². The summed E-state index contributed by atoms with van der Waals surface area (Å²) in [5.74, 6) is 0. The molecule has 1 fully saturated rings. The molecule has 4 heteroatoms. The van der Waals surface area contributed by atoms with Gasteiger partial charge in [0.1, 0.15) is 0 Å². The van der Waals surface area contributed by atoms with Crippen molar-refractivity contribution in [2.75, 3.05) is 18.1 Å². The SMILES string of the molecule is CCC(N)Cc1c(Cl)cccc1N1CC(C)OCC1C. The van der Waals surface area contributed by atoms with Crippen molar-refractivity contribution in [1.82, 2.24) is 0 Å². The van der Waals surface area contributed by atoms with Crippen LogP contribution in [0.5, 0.6) is 0 Å². The number of benzene rings is 1. The Hall–Kier alpha value is -0.770. The summed E-state index contributed by atoms with van der Waals surface area (Å²) in [6.07, 6.45) is 2.03. The number of rotatable bonds is 4. The first-order chi connectivity index (χ1) is 9.52. The number of nitrogens with two attached hydrogens (primary N) is 1. The molecule has 20 heavy (non-hydrogen) atoms. The van der Waals surface area contributed by atoms with E-state index in [0.29, 0.717) is 6.04 Å². The van der Waals surface area contributed by atoms with Gasteiger partial charge in [0.2, 0.25) is 0 Å². The van der Waals surface area contributed by atoms with Crippen LogP contribution in [0.15, 0.2) is 18.2 Å². The second-order valence-electron chi connectivity index (χ2n) is 5.76. The van der Waals surface area contributed by atoms with E-state index in [0.717, 1.165) is 31.0 Å². The molecule has 0 amide bonds. The lowest BCUT2D eigenvalue weighted by atomic mass is 10.0. The molecule has 1 saturated heterocycles. The van der Waals surface area contributed by atoms with E-state index in [4.69, 9.17) is 22.1 Å². The molecule has 0 spiro atoms. The Labute approximate surface area is 127 Å². The predicted molar refractivity (Wildman–Crippen MR) is 85.6 cm³/mol. The highest BCUT2D eigenvalue weighted by Crippen LogP contribution is 2.31. The highest BCUT2D eigenvalue weighted by molar-refractivity contribution is 6.31. The summed E-state index contributed by atoms with van der Waals surface area (Å²) >= 11 is 6.42. The maximum absolute atomic E-state index is 6.42. The molecule has 112 valence electrons. The van der Waals surface area contributed by atoms with Crippen LogP contribution < -0.4 is 10.6 Å². The van der Waals surface area contributed by atoms with Crippen molar-refractivity contribution >= 4 is 17.3 Å². The van der Waals surface area contributed by atoms with Gasteiger partial charge >= 0.3 is 0 Å². The quantitative estimate of drug-likeness (QED) is 0.927. The molecule has 1 aromatic carbocycles. The van der Waals surface area contributed by atoms with Crippen molar-refractivity contribution in [3.63, 3.8) is 0 Å². The van der Waals surface area contributed by atoms with Crippen LogP contribution in [0.2, 0.25) is 5.02 Å². The lowest BCUT2D eigenvalue weighted by Gasteiger charge is -2.40. The van der Waals surface area contributed by atoms with Crippen LogP contribution >= 0.6 is 11.6 Å². The van der Waals surface area contributed by atoms with Crippen molar-refractivity contribution in [2.24, 2.45) is 5.73 Å². The second kappa shape index (κ2) is 6.79. The summed E-state index contributed by atoms with van der Waals surface area (Å²) in [6, 6.07) is 6.64. The Kier molecular flexibility index (Phi) is 5.30. The molecule has 1 heterocycles. The van der Waals surface area contributed by atoms with Gasteiger partial charge in [0.05, 0.1) is 12.7 Å². The topological polar surface area (TPSA) is 38.5 Å². The Morgan fingerprint density at radius 1 is 1.45 bits per heavy atom. The van der Waals surface area contributed by atoms with Crippen molar-refractivity contribution < 1.29 is 4.74 Å². The van der Waals surface area contributed by atoms with Crippen LogP contribution in [0, 0.1) is 0 Å². The van der Waals surface area contributed by atoms with Gasteiger partial charge in [-0.2, -0.15) is 0 Å². The molecule has 1 aliphatic rings. The third kappa shape index (κ3) is 3.46. The lowest BCUT2D eigenvalue weighted by molar-refractivity contribution is 0.0343. The first-order valence-electron chi connectivity index (χ1n) is 7.44. The summed E-state index contributed by atoms with van der Waals surface area (Å²) in [5, 5.41) is 0.817. The molecular weight excluding hydrogens is 272 g/mol. The average molecular weight is 297 g/mol. The third-order valence-electron chi connectivity index (χ3n) is 4.00. The van der Waals surface area contributed by atoms with E-state index in [1.165, 1.54) is 11.3 Å². The van der Waals surface area contributed by atoms with E-state index < -0.39 is 0 Å². The van der Waals surface area contributed by atoms with Gasteiger partial charge in [0, 0.05) is 29.3 Å². The van der Waals surface area contributed by atoms with Gasteiger partial charge < -0.3 is 15.4 Å². The van der Waals surface area contributed by atoms with Crippen LogP contribution in [0.1, 0.15) is 32.8 Å². The van der Waals surface area contributed by atoms with Crippen molar-refractivity contribution in [1.29, 1.82) is 0 Å². The van der Waals surface area contributed by atoms with Gasteiger partial charge in [-0.3, -0.25) is 0 Å². The number of halogens is 1. The zero-order valence-corrected chi connectivity index (χ0v) is 13.4. The molecule has 0 saturated carbocycles. The van der Waals surface area contributed by atoms with Crippen LogP contribution in [-0.2, 0) is 11.2 Å². The molecule has 0 radical (unpaired) electrons. The highest BCUT2D eigenvalue weighted by Gasteiger charge is 2.26. The number of hydrogen-bond acceptors (Lipinski definition) is 3. The van der Waals surface area contributed by atoms with Crippen molar-refractivity contribution in [3.05, 3.63) is 28.8 Å². The summed E-state index contributed by atoms with van der Waals surface area (Å²) in [7, 11) is 0. The fraction of sp³-hybridized carbons (Fsp3) is 0.625. The van der Waals surface area contributed by atoms with E-state index in [1.807, 2.05) is 12.1 Å². The molecular formula is C16H25ClN2O. The molecule has 0 bridgehead atoms. The van der Waals surface area contributed by atoms with Crippen LogP contribution in [0.25, 0.3) is 0 Å². The summed E-state index contributed by atoms with van der Waals surface area (Å²) < 4.78 is 5.71. The predicted octanol–water partition coefficient (Wildman–Crippen LogP) is 3.23. The van der Waals surface area contributed by atoms with Gasteiger partial charge in [-0.25, -0.2) is 0 Å². The van der Waals surface area contributed by atoms with Gasteiger partial charge in [0.15, 0.2) is 0 Å². The summed E-state index contributed by atoms with van der Waals surface area (Å²) in [5.41, 5.74) is 8.52. The molecule has 3 atom stereocenters.